The van der Waals surface area contributed by atoms with Crippen LogP contribution in [0, 0.1) is 0 Å². The highest BCUT2D eigenvalue weighted by molar-refractivity contribution is 5.97. The summed E-state index contributed by atoms with van der Waals surface area (Å²) < 4.78 is 0. The number of H-pyrrole nitrogens is 1. The molecule has 0 radical (unpaired) electrons. The van der Waals surface area contributed by atoms with Gasteiger partial charge in [-0.2, -0.15) is 4.98 Å². The second-order valence-electron chi connectivity index (χ2n) is 6.95. The van der Waals surface area contributed by atoms with Crippen molar-refractivity contribution in [1.29, 1.82) is 0 Å². The second kappa shape index (κ2) is 11.1. The highest BCUT2D eigenvalue weighted by Gasteiger charge is 2.22. The third-order valence-electron chi connectivity index (χ3n) is 4.53. The van der Waals surface area contributed by atoms with Crippen molar-refractivity contribution in [1.82, 2.24) is 25.3 Å². The summed E-state index contributed by atoms with van der Waals surface area (Å²) in [6.07, 6.45) is 0.794. The third kappa shape index (κ3) is 6.62. The van der Waals surface area contributed by atoms with E-state index < -0.39 is 29.4 Å². The summed E-state index contributed by atoms with van der Waals surface area (Å²) in [5, 5.41) is 17.3. The zero-order valence-corrected chi connectivity index (χ0v) is 17.8. The number of nitrogens with zero attached hydrogens (tertiary/aromatic N) is 6. The predicted molar refractivity (Wildman–Crippen MR) is 119 cm³/mol. The summed E-state index contributed by atoms with van der Waals surface area (Å²) in [5.74, 6) is -3.01. The number of aromatic nitrogens is 4. The number of carbonyl (C=O) groups excluding carboxylic acids is 2. The average Bonchev–Trinajstić information content (AvgIpc) is 2.84. The highest BCUT2D eigenvalue weighted by atomic mass is 16.7. The SMILES string of the molecule is [N-]=[N+]=NOC(=O)CCC(NC(=O)c1ccc(NCc2cnc3nc(N)[nH]c(=O)c3n2)cc1)C(=O)O. The normalized spacial score (nSPS) is 11.2. The summed E-state index contributed by atoms with van der Waals surface area (Å²) in [6, 6.07) is 4.75. The number of anilines is 2. The number of benzene rings is 1. The van der Waals surface area contributed by atoms with E-state index in [0.29, 0.717) is 11.4 Å². The van der Waals surface area contributed by atoms with E-state index >= 15 is 0 Å². The third-order valence-corrected chi connectivity index (χ3v) is 4.53. The molecule has 0 aliphatic heterocycles. The fourth-order valence-electron chi connectivity index (χ4n) is 2.86. The van der Waals surface area contributed by atoms with E-state index in [4.69, 9.17) is 11.3 Å². The second-order valence-corrected chi connectivity index (χ2v) is 6.95. The van der Waals surface area contributed by atoms with Crippen molar-refractivity contribution in [2.45, 2.75) is 25.4 Å². The first-order chi connectivity index (χ1) is 16.8. The molecule has 1 aromatic carbocycles. The minimum atomic E-state index is -1.36. The van der Waals surface area contributed by atoms with Crippen molar-refractivity contribution in [3.63, 3.8) is 0 Å². The zero-order valence-electron chi connectivity index (χ0n) is 17.8. The number of carboxylic acid groups (broad SMARTS) is 1. The number of hydrogen-bond acceptors (Lipinski definition) is 11. The first-order valence-corrected chi connectivity index (χ1v) is 9.90. The van der Waals surface area contributed by atoms with E-state index in [-0.39, 0.29) is 42.1 Å². The fraction of sp³-hybridized carbons (Fsp3) is 0.211. The van der Waals surface area contributed by atoms with Crippen LogP contribution in [0.4, 0.5) is 11.6 Å². The quantitative estimate of drug-likeness (QED) is 0.116. The van der Waals surface area contributed by atoms with Gasteiger partial charge in [0.1, 0.15) is 11.3 Å². The van der Waals surface area contributed by atoms with Crippen molar-refractivity contribution in [3.8, 4) is 0 Å². The van der Waals surface area contributed by atoms with E-state index in [2.05, 4.69) is 45.6 Å². The molecule has 2 heterocycles. The maximum atomic E-state index is 12.4. The molecule has 3 aromatic rings. The van der Waals surface area contributed by atoms with Crippen LogP contribution in [0.5, 0.6) is 0 Å². The number of hydrogen-bond donors (Lipinski definition) is 5. The van der Waals surface area contributed by atoms with Gasteiger partial charge < -0.3 is 26.3 Å². The van der Waals surface area contributed by atoms with Crippen molar-refractivity contribution in [2.75, 3.05) is 11.1 Å². The fourth-order valence-corrected chi connectivity index (χ4v) is 2.86. The van der Waals surface area contributed by atoms with E-state index in [0.717, 1.165) is 0 Å². The molecule has 1 amide bonds. The number of rotatable bonds is 10. The largest absolute Gasteiger partial charge is 0.480 e. The van der Waals surface area contributed by atoms with Crippen molar-refractivity contribution in [3.05, 3.63) is 62.5 Å². The minimum absolute atomic E-state index is 0.0459. The standard InChI is InChI=1S/C19H18N10O6/c20-19-26-15-14(17(32)27-19)24-11(8-23-15)7-22-10-3-1-9(2-4-10)16(31)25-12(18(33)34)5-6-13(30)35-29-28-21/h1-4,8,12,22H,5-7H2,(H,25,31)(H,33,34)(H3,20,23,26,27,32). The van der Waals surface area contributed by atoms with Crippen LogP contribution in [0.1, 0.15) is 28.9 Å². The van der Waals surface area contributed by atoms with Crippen LogP contribution < -0.4 is 21.9 Å². The van der Waals surface area contributed by atoms with Crippen LogP contribution in [0.3, 0.4) is 0 Å². The number of carboxylic acids is 1. The first kappa shape index (κ1) is 24.4. The molecule has 0 bridgehead atoms. The molecule has 1 atom stereocenters. The molecule has 6 N–H and O–H groups in total. The van der Waals surface area contributed by atoms with Crippen molar-refractivity contribution < 1.29 is 24.3 Å². The van der Waals surface area contributed by atoms with Gasteiger partial charge in [0, 0.05) is 22.6 Å². The Morgan fingerprint density at radius 1 is 1.26 bits per heavy atom. The molecule has 35 heavy (non-hydrogen) atoms. The molecule has 180 valence electrons. The first-order valence-electron chi connectivity index (χ1n) is 9.90. The number of fused-ring (bicyclic) bond motifs is 1. The summed E-state index contributed by atoms with van der Waals surface area (Å²) in [6.45, 7) is 0.214. The van der Waals surface area contributed by atoms with Crippen LogP contribution in [0.15, 0.2) is 40.5 Å². The monoisotopic (exact) mass is 482 g/mol. The molecule has 0 aliphatic carbocycles. The lowest BCUT2D eigenvalue weighted by molar-refractivity contribution is -0.144. The summed E-state index contributed by atoms with van der Waals surface area (Å²) >= 11 is 0. The highest BCUT2D eigenvalue weighted by Crippen LogP contribution is 2.12. The van der Waals surface area contributed by atoms with E-state index in [1.807, 2.05) is 0 Å². The molecule has 3 rings (SSSR count). The summed E-state index contributed by atoms with van der Waals surface area (Å²) in [4.78, 5) is 68.0. The number of aromatic amines is 1. The Morgan fingerprint density at radius 3 is 2.69 bits per heavy atom. The molecule has 1 unspecified atom stereocenters. The van der Waals surface area contributed by atoms with Gasteiger partial charge in [0.25, 0.3) is 11.5 Å². The molecule has 0 fully saturated rings. The molecular formula is C19H18N10O6. The van der Waals surface area contributed by atoms with E-state index in [1.54, 1.807) is 12.1 Å². The lowest BCUT2D eigenvalue weighted by Gasteiger charge is -2.14. The van der Waals surface area contributed by atoms with Crippen molar-refractivity contribution in [2.24, 2.45) is 5.28 Å². The van der Waals surface area contributed by atoms with Gasteiger partial charge >= 0.3 is 11.9 Å². The van der Waals surface area contributed by atoms with Gasteiger partial charge in [-0.05, 0) is 36.2 Å². The number of nitrogens with one attached hydrogen (secondary N) is 3. The maximum Gasteiger partial charge on any atom is 0.326 e. The van der Waals surface area contributed by atoms with Gasteiger partial charge in [-0.3, -0.25) is 19.4 Å². The number of nitrogen functional groups attached to an aromatic ring is 1. The van der Waals surface area contributed by atoms with Gasteiger partial charge in [-0.25, -0.2) is 14.8 Å². The molecule has 0 spiro atoms. The Labute approximate surface area is 195 Å². The Hall–Kier alpha value is -5.24. The van der Waals surface area contributed by atoms with E-state index in [1.165, 1.54) is 18.3 Å². The molecule has 16 nitrogen and oxygen atoms in total. The Balaban J connectivity index is 1.58. The minimum Gasteiger partial charge on any atom is -0.480 e. The average molecular weight is 482 g/mol. The summed E-state index contributed by atoms with van der Waals surface area (Å²) in [5.41, 5.74) is 14.5. The van der Waals surface area contributed by atoms with Gasteiger partial charge in [0.05, 0.1) is 18.4 Å². The van der Waals surface area contributed by atoms with Crippen LogP contribution in [-0.4, -0.2) is 48.9 Å². The Morgan fingerprint density at radius 2 is 2.00 bits per heavy atom. The van der Waals surface area contributed by atoms with Crippen LogP contribution in [0.2, 0.25) is 0 Å². The van der Waals surface area contributed by atoms with Gasteiger partial charge in [-0.1, -0.05) is 0 Å². The maximum absolute atomic E-state index is 12.4. The molecule has 0 saturated carbocycles. The number of aliphatic carboxylic acids is 1. The van der Waals surface area contributed by atoms with Crippen LogP contribution >= 0.6 is 0 Å². The van der Waals surface area contributed by atoms with E-state index in [9.17, 15) is 24.3 Å². The molecular weight excluding hydrogens is 464 g/mol. The predicted octanol–water partition coefficient (Wildman–Crippen LogP) is 0.639. The lowest BCUT2D eigenvalue weighted by atomic mass is 10.1. The van der Waals surface area contributed by atoms with Gasteiger partial charge in [0.2, 0.25) is 5.95 Å². The zero-order chi connectivity index (χ0) is 25.4. The van der Waals surface area contributed by atoms with Crippen molar-refractivity contribution >= 4 is 40.6 Å². The molecule has 0 saturated heterocycles. The topological polar surface area (TPSA) is 251 Å². The summed E-state index contributed by atoms with van der Waals surface area (Å²) in [7, 11) is 0. The van der Waals surface area contributed by atoms with Crippen LogP contribution in [0.25, 0.3) is 21.6 Å². The number of azide groups is 1. The lowest BCUT2D eigenvalue weighted by Crippen LogP contribution is -2.41. The molecule has 2 aromatic heterocycles. The Bertz CT molecular complexity index is 1370. The molecule has 16 heteroatoms. The molecule has 0 aliphatic rings. The number of amides is 1. The number of carbonyl (C=O) groups is 3. The number of nitrogens with two attached hydrogens (primary N) is 1. The van der Waals surface area contributed by atoms with Gasteiger partial charge in [-0.15, -0.1) is 0 Å². The van der Waals surface area contributed by atoms with Crippen LogP contribution in [-0.2, 0) is 21.0 Å². The van der Waals surface area contributed by atoms with Gasteiger partial charge in [0.15, 0.2) is 11.2 Å². The Kier molecular flexibility index (Phi) is 7.71. The smallest absolute Gasteiger partial charge is 0.326 e.